The van der Waals surface area contributed by atoms with Gasteiger partial charge in [-0.1, -0.05) is 24.3 Å². The van der Waals surface area contributed by atoms with Gasteiger partial charge in [0.2, 0.25) is 0 Å². The van der Waals surface area contributed by atoms with Crippen LogP contribution >= 0.6 is 0 Å². The van der Waals surface area contributed by atoms with Crippen LogP contribution in [0.15, 0.2) is 36.8 Å². The second-order valence-electron chi connectivity index (χ2n) is 5.37. The van der Waals surface area contributed by atoms with Gasteiger partial charge in [-0.05, 0) is 12.5 Å². The minimum Gasteiger partial charge on any atom is -0.379 e. The maximum absolute atomic E-state index is 5.41. The molecule has 4 nitrogen and oxygen atoms in total. The lowest BCUT2D eigenvalue weighted by atomic mass is 10.0. The molecular formula is C16H21N3O. The van der Waals surface area contributed by atoms with Crippen LogP contribution in [0.3, 0.4) is 0 Å². The zero-order valence-electron chi connectivity index (χ0n) is 12.1. The summed E-state index contributed by atoms with van der Waals surface area (Å²) in [4.78, 5) is 6.86. The number of benzene rings is 1. The van der Waals surface area contributed by atoms with E-state index in [0.29, 0.717) is 6.04 Å². The van der Waals surface area contributed by atoms with E-state index in [0.717, 1.165) is 32.0 Å². The number of hydrogen-bond acceptors (Lipinski definition) is 3. The van der Waals surface area contributed by atoms with Gasteiger partial charge in [0.1, 0.15) is 0 Å². The number of rotatable bonds is 3. The van der Waals surface area contributed by atoms with E-state index in [1.54, 1.807) is 0 Å². The van der Waals surface area contributed by atoms with Crippen molar-refractivity contribution < 1.29 is 4.74 Å². The van der Waals surface area contributed by atoms with E-state index in [1.807, 2.05) is 24.1 Å². The van der Waals surface area contributed by atoms with Gasteiger partial charge in [0.05, 0.1) is 25.2 Å². The molecule has 1 aliphatic rings. The van der Waals surface area contributed by atoms with E-state index < -0.39 is 0 Å². The normalized spacial score (nSPS) is 18.1. The van der Waals surface area contributed by atoms with Crippen molar-refractivity contribution in [1.82, 2.24) is 14.5 Å². The Morgan fingerprint density at radius 1 is 1.15 bits per heavy atom. The first-order chi connectivity index (χ1) is 9.74. The van der Waals surface area contributed by atoms with Crippen LogP contribution in [0, 0.1) is 0 Å². The van der Waals surface area contributed by atoms with Gasteiger partial charge < -0.3 is 9.30 Å². The number of imidazole rings is 1. The molecule has 2 aromatic rings. The van der Waals surface area contributed by atoms with Gasteiger partial charge in [-0.3, -0.25) is 4.90 Å². The Morgan fingerprint density at radius 2 is 1.85 bits per heavy atom. The summed E-state index contributed by atoms with van der Waals surface area (Å²) in [6.07, 6.45) is 3.88. The predicted molar refractivity (Wildman–Crippen MR) is 79.5 cm³/mol. The Labute approximate surface area is 120 Å². The third kappa shape index (κ3) is 2.76. The fraction of sp³-hybridized carbons (Fsp3) is 0.438. The third-order valence-electron chi connectivity index (χ3n) is 3.99. The third-order valence-corrected chi connectivity index (χ3v) is 3.99. The van der Waals surface area contributed by atoms with Crippen molar-refractivity contribution in [3.8, 4) is 11.3 Å². The molecule has 1 aromatic carbocycles. The lowest BCUT2D eigenvalue weighted by Gasteiger charge is -2.32. The topological polar surface area (TPSA) is 30.3 Å². The molecule has 1 saturated heterocycles. The second-order valence-corrected chi connectivity index (χ2v) is 5.37. The quantitative estimate of drug-likeness (QED) is 0.859. The molecule has 20 heavy (non-hydrogen) atoms. The number of morpholine rings is 1. The smallest absolute Gasteiger partial charge is 0.0951 e. The van der Waals surface area contributed by atoms with Gasteiger partial charge in [0.15, 0.2) is 0 Å². The first kappa shape index (κ1) is 13.3. The number of nitrogens with zero attached hydrogens (tertiary/aromatic N) is 3. The summed E-state index contributed by atoms with van der Waals surface area (Å²) >= 11 is 0. The van der Waals surface area contributed by atoms with Gasteiger partial charge in [-0.15, -0.1) is 0 Å². The second kappa shape index (κ2) is 5.77. The standard InChI is InChI=1S/C16H21N3O/c1-13(19-7-9-20-10-8-19)14-3-5-15(6-4-14)16-11-18(2)12-17-16/h3-6,11-13H,7-10H2,1-2H3/t13-/m1/s1. The zero-order valence-corrected chi connectivity index (χ0v) is 12.1. The van der Waals surface area contributed by atoms with Crippen molar-refractivity contribution in [2.24, 2.45) is 7.05 Å². The van der Waals surface area contributed by atoms with Gasteiger partial charge in [0, 0.05) is 37.9 Å². The number of aromatic nitrogens is 2. The molecule has 0 amide bonds. The molecule has 0 unspecified atom stereocenters. The van der Waals surface area contributed by atoms with E-state index in [-0.39, 0.29) is 0 Å². The van der Waals surface area contributed by atoms with Crippen LogP contribution in [0.2, 0.25) is 0 Å². The summed E-state index contributed by atoms with van der Waals surface area (Å²) in [7, 11) is 1.99. The predicted octanol–water partition coefficient (Wildman–Crippen LogP) is 2.48. The summed E-state index contributed by atoms with van der Waals surface area (Å²) in [5, 5.41) is 0. The van der Waals surface area contributed by atoms with Crippen LogP contribution in [0.25, 0.3) is 11.3 Å². The minimum atomic E-state index is 0.441. The van der Waals surface area contributed by atoms with Crippen molar-refractivity contribution in [2.45, 2.75) is 13.0 Å². The molecule has 4 heteroatoms. The molecule has 0 aliphatic carbocycles. The number of hydrogen-bond donors (Lipinski definition) is 0. The van der Waals surface area contributed by atoms with Gasteiger partial charge in [-0.25, -0.2) is 4.98 Å². The van der Waals surface area contributed by atoms with Crippen LogP contribution in [0.4, 0.5) is 0 Å². The van der Waals surface area contributed by atoms with E-state index in [9.17, 15) is 0 Å². The van der Waals surface area contributed by atoms with Crippen molar-refractivity contribution in [3.63, 3.8) is 0 Å². The van der Waals surface area contributed by atoms with Gasteiger partial charge in [-0.2, -0.15) is 0 Å². The Balaban J connectivity index is 1.75. The van der Waals surface area contributed by atoms with E-state index in [2.05, 4.69) is 41.1 Å². The molecule has 1 atom stereocenters. The largest absolute Gasteiger partial charge is 0.379 e. The highest BCUT2D eigenvalue weighted by molar-refractivity contribution is 5.58. The van der Waals surface area contributed by atoms with Crippen molar-refractivity contribution in [3.05, 3.63) is 42.4 Å². The van der Waals surface area contributed by atoms with Crippen molar-refractivity contribution in [2.75, 3.05) is 26.3 Å². The highest BCUT2D eigenvalue weighted by atomic mass is 16.5. The molecule has 0 spiro atoms. The highest BCUT2D eigenvalue weighted by Gasteiger charge is 2.18. The highest BCUT2D eigenvalue weighted by Crippen LogP contribution is 2.24. The Morgan fingerprint density at radius 3 is 2.45 bits per heavy atom. The average Bonchev–Trinajstić information content (AvgIpc) is 2.94. The lowest BCUT2D eigenvalue weighted by Crippen LogP contribution is -2.37. The number of ether oxygens (including phenoxy) is 1. The number of aryl methyl sites for hydroxylation is 1. The van der Waals surface area contributed by atoms with E-state index in [1.165, 1.54) is 11.1 Å². The molecule has 0 bridgehead atoms. The molecule has 1 aromatic heterocycles. The molecule has 0 N–H and O–H groups in total. The Kier molecular flexibility index (Phi) is 3.85. The van der Waals surface area contributed by atoms with Crippen LogP contribution in [-0.2, 0) is 11.8 Å². The molecular weight excluding hydrogens is 250 g/mol. The molecule has 0 radical (unpaired) electrons. The van der Waals surface area contributed by atoms with Gasteiger partial charge >= 0.3 is 0 Å². The molecule has 106 valence electrons. The lowest BCUT2D eigenvalue weighted by molar-refractivity contribution is 0.0198. The maximum atomic E-state index is 5.41. The zero-order chi connectivity index (χ0) is 13.9. The summed E-state index contributed by atoms with van der Waals surface area (Å²) in [6, 6.07) is 9.19. The molecule has 1 aliphatic heterocycles. The van der Waals surface area contributed by atoms with Gasteiger partial charge in [0.25, 0.3) is 0 Å². The molecule has 2 heterocycles. The summed E-state index contributed by atoms with van der Waals surface area (Å²) in [6.45, 7) is 5.99. The van der Waals surface area contributed by atoms with Crippen molar-refractivity contribution in [1.29, 1.82) is 0 Å². The van der Waals surface area contributed by atoms with Crippen LogP contribution < -0.4 is 0 Å². The van der Waals surface area contributed by atoms with Crippen LogP contribution in [0.5, 0.6) is 0 Å². The fourth-order valence-electron chi connectivity index (χ4n) is 2.67. The summed E-state index contributed by atoms with van der Waals surface area (Å²) in [5.41, 5.74) is 3.55. The van der Waals surface area contributed by atoms with Crippen LogP contribution in [0.1, 0.15) is 18.5 Å². The molecule has 3 rings (SSSR count). The maximum Gasteiger partial charge on any atom is 0.0951 e. The van der Waals surface area contributed by atoms with E-state index in [4.69, 9.17) is 4.74 Å². The first-order valence-electron chi connectivity index (χ1n) is 7.14. The Hall–Kier alpha value is -1.65. The van der Waals surface area contributed by atoms with Crippen LogP contribution in [-0.4, -0.2) is 40.8 Å². The SMILES string of the molecule is C[C@H](c1ccc(-c2cn(C)cn2)cc1)N1CCOCC1. The minimum absolute atomic E-state index is 0.441. The molecule has 0 saturated carbocycles. The summed E-state index contributed by atoms with van der Waals surface area (Å²) in [5.74, 6) is 0. The Bertz CT molecular complexity index is 555. The summed E-state index contributed by atoms with van der Waals surface area (Å²) < 4.78 is 7.38. The monoisotopic (exact) mass is 271 g/mol. The van der Waals surface area contributed by atoms with E-state index >= 15 is 0 Å². The fourth-order valence-corrected chi connectivity index (χ4v) is 2.67. The average molecular weight is 271 g/mol. The van der Waals surface area contributed by atoms with Crippen molar-refractivity contribution >= 4 is 0 Å². The first-order valence-corrected chi connectivity index (χ1v) is 7.14. The molecule has 1 fully saturated rings.